The third-order valence-electron chi connectivity index (χ3n) is 4.24. The predicted octanol–water partition coefficient (Wildman–Crippen LogP) is 3.48. The topological polar surface area (TPSA) is 74.0 Å². The summed E-state index contributed by atoms with van der Waals surface area (Å²) in [7, 11) is 0. The standard InChI is InChI=1S/C19H20ClF2N5O2/c1-12-18(20)13(2)27(24-12)8-3-7-23-19(28)16-6-9-26(25-16)11-29-17-5-4-14(21)10-15(17)22/h4-6,9-10H,3,7-8,11H2,1-2H3,(H,23,28). The Morgan fingerprint density at radius 1 is 1.24 bits per heavy atom. The molecule has 0 bridgehead atoms. The third kappa shape index (κ3) is 5.11. The molecule has 0 aliphatic rings. The van der Waals surface area contributed by atoms with Gasteiger partial charge in [0.15, 0.2) is 18.3 Å². The Bertz CT molecular complexity index is 1020. The summed E-state index contributed by atoms with van der Waals surface area (Å²) in [5.41, 5.74) is 1.88. The lowest BCUT2D eigenvalue weighted by Crippen LogP contribution is -2.26. The number of hydrogen-bond acceptors (Lipinski definition) is 4. The number of ether oxygens (including phenoxy) is 1. The molecule has 0 saturated heterocycles. The van der Waals surface area contributed by atoms with Crippen molar-refractivity contribution in [3.8, 4) is 5.75 Å². The van der Waals surface area contributed by atoms with E-state index in [2.05, 4.69) is 15.5 Å². The van der Waals surface area contributed by atoms with Crippen LogP contribution < -0.4 is 10.1 Å². The van der Waals surface area contributed by atoms with E-state index in [1.807, 2.05) is 18.5 Å². The number of hydrogen-bond donors (Lipinski definition) is 1. The number of amides is 1. The molecule has 0 radical (unpaired) electrons. The van der Waals surface area contributed by atoms with Crippen molar-refractivity contribution >= 4 is 17.5 Å². The van der Waals surface area contributed by atoms with Crippen molar-refractivity contribution in [1.29, 1.82) is 0 Å². The highest BCUT2D eigenvalue weighted by Gasteiger charge is 2.11. The van der Waals surface area contributed by atoms with Crippen molar-refractivity contribution in [3.05, 3.63) is 64.2 Å². The lowest BCUT2D eigenvalue weighted by molar-refractivity contribution is 0.0945. The lowest BCUT2D eigenvalue weighted by atomic mass is 10.3. The average Bonchev–Trinajstić information content (AvgIpc) is 3.25. The SMILES string of the molecule is Cc1nn(CCCNC(=O)c2ccn(COc3ccc(F)cc3F)n2)c(C)c1Cl. The van der Waals surface area contributed by atoms with Gasteiger partial charge in [-0.3, -0.25) is 9.48 Å². The van der Waals surface area contributed by atoms with Gasteiger partial charge in [0, 0.05) is 25.4 Å². The second-order valence-electron chi connectivity index (χ2n) is 6.41. The Hall–Kier alpha value is -2.94. The highest BCUT2D eigenvalue weighted by Crippen LogP contribution is 2.19. The molecule has 1 amide bonds. The molecule has 154 valence electrons. The Morgan fingerprint density at radius 2 is 2.03 bits per heavy atom. The first-order valence-corrected chi connectivity index (χ1v) is 9.32. The van der Waals surface area contributed by atoms with Gasteiger partial charge in [0.1, 0.15) is 11.5 Å². The van der Waals surface area contributed by atoms with E-state index in [0.717, 1.165) is 23.5 Å². The minimum Gasteiger partial charge on any atom is -0.468 e. The number of aromatic nitrogens is 4. The molecule has 3 rings (SSSR count). The number of carbonyl (C=O) groups excluding carboxylic acids is 1. The molecule has 7 nitrogen and oxygen atoms in total. The number of rotatable bonds is 8. The smallest absolute Gasteiger partial charge is 0.271 e. The maximum Gasteiger partial charge on any atom is 0.271 e. The third-order valence-corrected chi connectivity index (χ3v) is 4.79. The van der Waals surface area contributed by atoms with Crippen LogP contribution in [0.1, 0.15) is 28.3 Å². The molecular formula is C19H20ClF2N5O2. The molecule has 29 heavy (non-hydrogen) atoms. The van der Waals surface area contributed by atoms with Crippen LogP contribution >= 0.6 is 11.6 Å². The van der Waals surface area contributed by atoms with E-state index < -0.39 is 11.6 Å². The number of nitrogens with zero attached hydrogens (tertiary/aromatic N) is 4. The van der Waals surface area contributed by atoms with Gasteiger partial charge < -0.3 is 10.1 Å². The molecule has 0 saturated carbocycles. The Kier molecular flexibility index (Phi) is 6.48. The van der Waals surface area contributed by atoms with Crippen LogP contribution in [0.15, 0.2) is 30.5 Å². The van der Waals surface area contributed by atoms with E-state index in [9.17, 15) is 13.6 Å². The van der Waals surface area contributed by atoms with Gasteiger partial charge in [-0.05, 0) is 38.5 Å². The molecule has 0 aliphatic heterocycles. The summed E-state index contributed by atoms with van der Waals surface area (Å²) in [6.45, 7) is 4.70. The van der Waals surface area contributed by atoms with Crippen LogP contribution in [-0.4, -0.2) is 32.0 Å². The summed E-state index contributed by atoms with van der Waals surface area (Å²) in [6, 6.07) is 4.55. The maximum absolute atomic E-state index is 13.6. The maximum atomic E-state index is 13.6. The van der Waals surface area contributed by atoms with Crippen LogP contribution in [0.5, 0.6) is 5.75 Å². The largest absolute Gasteiger partial charge is 0.468 e. The van der Waals surface area contributed by atoms with Crippen LogP contribution in [0.4, 0.5) is 8.78 Å². The number of benzene rings is 1. The van der Waals surface area contributed by atoms with E-state index in [4.69, 9.17) is 16.3 Å². The summed E-state index contributed by atoms with van der Waals surface area (Å²) in [4.78, 5) is 12.2. The van der Waals surface area contributed by atoms with Crippen molar-refractivity contribution in [2.45, 2.75) is 33.5 Å². The first kappa shape index (κ1) is 20.8. The number of aryl methyl sites for hydroxylation is 2. The van der Waals surface area contributed by atoms with E-state index >= 15 is 0 Å². The molecule has 0 atom stereocenters. The van der Waals surface area contributed by atoms with Crippen molar-refractivity contribution in [1.82, 2.24) is 24.9 Å². The van der Waals surface area contributed by atoms with Gasteiger partial charge in [-0.15, -0.1) is 0 Å². The summed E-state index contributed by atoms with van der Waals surface area (Å²) < 4.78 is 34.9. The minimum absolute atomic E-state index is 0.0999. The van der Waals surface area contributed by atoms with Gasteiger partial charge in [-0.1, -0.05) is 11.6 Å². The quantitative estimate of drug-likeness (QED) is 0.563. The summed E-state index contributed by atoms with van der Waals surface area (Å²) in [5, 5.41) is 11.9. The van der Waals surface area contributed by atoms with Crippen LogP contribution in [-0.2, 0) is 13.3 Å². The fourth-order valence-electron chi connectivity index (χ4n) is 2.70. The summed E-state index contributed by atoms with van der Waals surface area (Å²) in [5.74, 6) is -1.92. The lowest BCUT2D eigenvalue weighted by Gasteiger charge is -2.07. The molecular weight excluding hydrogens is 404 g/mol. The Morgan fingerprint density at radius 3 is 2.72 bits per heavy atom. The number of halogens is 3. The monoisotopic (exact) mass is 423 g/mol. The molecule has 1 N–H and O–H groups in total. The summed E-state index contributed by atoms with van der Waals surface area (Å²) in [6.07, 6.45) is 2.21. The predicted molar refractivity (Wildman–Crippen MR) is 103 cm³/mol. The molecule has 2 heterocycles. The molecule has 0 fully saturated rings. The molecule has 1 aromatic carbocycles. The molecule has 0 unspecified atom stereocenters. The molecule has 2 aromatic heterocycles. The number of carbonyl (C=O) groups is 1. The molecule has 10 heteroatoms. The zero-order valence-corrected chi connectivity index (χ0v) is 16.7. The fraction of sp³-hybridized carbons (Fsp3) is 0.316. The van der Waals surface area contributed by atoms with Gasteiger partial charge in [0.05, 0.1) is 16.4 Å². The summed E-state index contributed by atoms with van der Waals surface area (Å²) >= 11 is 6.11. The molecule has 3 aromatic rings. The van der Waals surface area contributed by atoms with E-state index in [1.165, 1.54) is 23.0 Å². The van der Waals surface area contributed by atoms with E-state index in [-0.39, 0.29) is 24.1 Å². The first-order valence-electron chi connectivity index (χ1n) is 8.94. The van der Waals surface area contributed by atoms with Gasteiger partial charge >= 0.3 is 0 Å². The highest BCUT2D eigenvalue weighted by atomic mass is 35.5. The molecule has 0 aliphatic carbocycles. The Balaban J connectivity index is 1.45. The van der Waals surface area contributed by atoms with Gasteiger partial charge in [0.2, 0.25) is 0 Å². The number of nitrogens with one attached hydrogen (secondary N) is 1. The first-order chi connectivity index (χ1) is 13.8. The van der Waals surface area contributed by atoms with E-state index in [0.29, 0.717) is 24.5 Å². The zero-order chi connectivity index (χ0) is 21.0. The van der Waals surface area contributed by atoms with Crippen LogP contribution in [0.25, 0.3) is 0 Å². The van der Waals surface area contributed by atoms with Gasteiger partial charge in [-0.2, -0.15) is 10.2 Å². The van der Waals surface area contributed by atoms with Crippen molar-refractivity contribution in [3.63, 3.8) is 0 Å². The zero-order valence-electron chi connectivity index (χ0n) is 16.0. The van der Waals surface area contributed by atoms with Crippen LogP contribution in [0.3, 0.4) is 0 Å². The Labute approximate surface area is 171 Å². The second kappa shape index (κ2) is 9.04. The average molecular weight is 424 g/mol. The highest BCUT2D eigenvalue weighted by molar-refractivity contribution is 6.31. The second-order valence-corrected chi connectivity index (χ2v) is 6.78. The van der Waals surface area contributed by atoms with Crippen molar-refractivity contribution < 1.29 is 18.3 Å². The molecule has 0 spiro atoms. The van der Waals surface area contributed by atoms with Crippen LogP contribution in [0.2, 0.25) is 5.02 Å². The van der Waals surface area contributed by atoms with Gasteiger partial charge in [0.25, 0.3) is 5.91 Å². The van der Waals surface area contributed by atoms with Gasteiger partial charge in [-0.25, -0.2) is 13.5 Å². The van der Waals surface area contributed by atoms with Crippen molar-refractivity contribution in [2.24, 2.45) is 0 Å². The normalized spacial score (nSPS) is 10.9. The van der Waals surface area contributed by atoms with Crippen LogP contribution in [0, 0.1) is 25.5 Å². The van der Waals surface area contributed by atoms with Crippen molar-refractivity contribution in [2.75, 3.05) is 6.54 Å². The minimum atomic E-state index is -0.806. The fourth-order valence-corrected chi connectivity index (χ4v) is 2.83. The van der Waals surface area contributed by atoms with E-state index in [1.54, 1.807) is 0 Å².